The molecule has 7 heteroatoms. The number of likely N-dealkylation sites (tertiary alicyclic amines) is 1. The van der Waals surface area contributed by atoms with Crippen molar-refractivity contribution in [2.45, 2.75) is 64.6 Å². The number of fused-ring (bicyclic) bond motifs is 1. The molecule has 1 fully saturated rings. The van der Waals surface area contributed by atoms with Crippen LogP contribution in [0.1, 0.15) is 65.7 Å². The van der Waals surface area contributed by atoms with E-state index >= 15 is 0 Å². The van der Waals surface area contributed by atoms with Gasteiger partial charge >= 0.3 is 0 Å². The number of aryl methyl sites for hydroxylation is 1. The molecule has 2 atom stereocenters. The molecule has 1 aliphatic carbocycles. The summed E-state index contributed by atoms with van der Waals surface area (Å²) in [5, 5.41) is 2.13. The van der Waals surface area contributed by atoms with Crippen LogP contribution in [0.5, 0.6) is 0 Å². The molecule has 1 amide bonds. The van der Waals surface area contributed by atoms with Crippen molar-refractivity contribution in [2.75, 3.05) is 13.1 Å². The summed E-state index contributed by atoms with van der Waals surface area (Å²) in [4.78, 5) is 39.8. The zero-order valence-corrected chi connectivity index (χ0v) is 18.9. The summed E-state index contributed by atoms with van der Waals surface area (Å²) in [6.07, 6.45) is 9.64. The second kappa shape index (κ2) is 8.71. The summed E-state index contributed by atoms with van der Waals surface area (Å²) in [7, 11) is 0. The molecule has 5 rings (SSSR count). The third-order valence-corrected chi connectivity index (χ3v) is 7.98. The molecule has 0 spiro atoms. The minimum atomic E-state index is -0.0943. The Labute approximate surface area is 187 Å². The number of nitrogens with zero attached hydrogens (tertiary/aromatic N) is 3. The molecule has 0 radical (unpaired) electrons. The van der Waals surface area contributed by atoms with Gasteiger partial charge in [-0.2, -0.15) is 0 Å². The molecule has 6 nitrogen and oxygen atoms in total. The third-order valence-electron chi connectivity index (χ3n) is 6.97. The Hall–Kier alpha value is -2.25. The second-order valence-corrected chi connectivity index (χ2v) is 10.0. The lowest BCUT2D eigenvalue weighted by molar-refractivity contribution is -0.136. The van der Waals surface area contributed by atoms with Gasteiger partial charge in [0.2, 0.25) is 5.91 Å². The van der Waals surface area contributed by atoms with Gasteiger partial charge in [-0.3, -0.25) is 14.5 Å². The maximum Gasteiger partial charge on any atom is 0.255 e. The van der Waals surface area contributed by atoms with Crippen LogP contribution in [0.4, 0.5) is 0 Å². The molecule has 0 unspecified atom stereocenters. The standard InChI is InChI=1S/C24H30N4O2S/c1-16-10-13-31-21(16)15-27-12-9-19-18(14-27)23(29)26-22(25-19)20-8-5-11-28(20)24(30)17-6-3-2-4-7-17/h2-3,10,13,17,20H,4-9,11-12,14-15H2,1H3,(H,25,26,29)/t17-,20+/m1/s1. The van der Waals surface area contributed by atoms with Gasteiger partial charge < -0.3 is 9.88 Å². The van der Waals surface area contributed by atoms with Gasteiger partial charge in [-0.25, -0.2) is 4.98 Å². The number of amides is 1. The number of carbonyl (C=O) groups is 1. The lowest BCUT2D eigenvalue weighted by Crippen LogP contribution is -2.39. The molecule has 31 heavy (non-hydrogen) atoms. The van der Waals surface area contributed by atoms with Gasteiger partial charge in [0, 0.05) is 43.4 Å². The zero-order valence-electron chi connectivity index (χ0n) is 18.1. The summed E-state index contributed by atoms with van der Waals surface area (Å²) in [6, 6.07) is 2.06. The van der Waals surface area contributed by atoms with Gasteiger partial charge in [-0.15, -0.1) is 11.3 Å². The van der Waals surface area contributed by atoms with Crippen LogP contribution in [-0.2, 0) is 24.3 Å². The number of thiophene rings is 1. The van der Waals surface area contributed by atoms with E-state index in [1.165, 1.54) is 10.4 Å². The average Bonchev–Trinajstić information content (AvgIpc) is 3.43. The Balaban J connectivity index is 1.34. The van der Waals surface area contributed by atoms with Crippen LogP contribution in [0.2, 0.25) is 0 Å². The molecule has 1 N–H and O–H groups in total. The van der Waals surface area contributed by atoms with E-state index in [4.69, 9.17) is 4.98 Å². The van der Waals surface area contributed by atoms with E-state index in [0.29, 0.717) is 12.4 Å². The molecule has 2 aromatic rings. The van der Waals surface area contributed by atoms with Gasteiger partial charge in [0.05, 0.1) is 17.3 Å². The Morgan fingerprint density at radius 3 is 2.97 bits per heavy atom. The molecule has 2 aliphatic heterocycles. The highest BCUT2D eigenvalue weighted by Crippen LogP contribution is 2.33. The van der Waals surface area contributed by atoms with Crippen LogP contribution in [0.15, 0.2) is 28.4 Å². The smallest absolute Gasteiger partial charge is 0.255 e. The topological polar surface area (TPSA) is 69.3 Å². The number of rotatable bonds is 4. The predicted octanol–water partition coefficient (Wildman–Crippen LogP) is 3.72. The normalized spacial score (nSPS) is 23.8. The first-order chi connectivity index (χ1) is 15.1. The van der Waals surface area contributed by atoms with E-state index in [1.807, 2.05) is 4.90 Å². The first-order valence-corrected chi connectivity index (χ1v) is 12.3. The fourth-order valence-electron chi connectivity index (χ4n) is 5.13. The quantitative estimate of drug-likeness (QED) is 0.739. The van der Waals surface area contributed by atoms with Crippen molar-refractivity contribution in [3.05, 3.63) is 61.5 Å². The summed E-state index contributed by atoms with van der Waals surface area (Å²) >= 11 is 1.78. The van der Waals surface area contributed by atoms with Gasteiger partial charge in [0.25, 0.3) is 5.56 Å². The zero-order chi connectivity index (χ0) is 21.4. The molecule has 4 heterocycles. The van der Waals surface area contributed by atoms with Crippen LogP contribution in [0, 0.1) is 12.8 Å². The fraction of sp³-hybridized carbons (Fsp3) is 0.542. The van der Waals surface area contributed by atoms with Crippen molar-refractivity contribution < 1.29 is 4.79 Å². The number of carbonyl (C=O) groups excluding carboxylic acids is 1. The molecule has 2 aromatic heterocycles. The van der Waals surface area contributed by atoms with Gasteiger partial charge in [-0.05, 0) is 56.0 Å². The minimum absolute atomic E-state index is 0.0347. The highest BCUT2D eigenvalue weighted by atomic mass is 32.1. The fourth-order valence-corrected chi connectivity index (χ4v) is 6.08. The number of aromatic nitrogens is 2. The summed E-state index contributed by atoms with van der Waals surface area (Å²) < 4.78 is 0. The molecule has 1 saturated heterocycles. The summed E-state index contributed by atoms with van der Waals surface area (Å²) in [5.74, 6) is 0.984. The Kier molecular flexibility index (Phi) is 5.80. The lowest BCUT2D eigenvalue weighted by Gasteiger charge is -2.31. The Morgan fingerprint density at radius 2 is 2.19 bits per heavy atom. The van der Waals surface area contributed by atoms with Crippen LogP contribution in [-0.4, -0.2) is 38.8 Å². The second-order valence-electron chi connectivity index (χ2n) is 9.03. The van der Waals surface area contributed by atoms with E-state index in [9.17, 15) is 9.59 Å². The molecular formula is C24H30N4O2S. The first-order valence-electron chi connectivity index (χ1n) is 11.4. The van der Waals surface area contributed by atoms with E-state index in [-0.39, 0.29) is 23.4 Å². The van der Waals surface area contributed by atoms with Crippen molar-refractivity contribution in [2.24, 2.45) is 5.92 Å². The van der Waals surface area contributed by atoms with Gasteiger partial charge in [-0.1, -0.05) is 12.2 Å². The Bertz CT molecular complexity index is 1060. The number of H-pyrrole nitrogens is 1. The summed E-state index contributed by atoms with van der Waals surface area (Å²) in [6.45, 7) is 5.32. The van der Waals surface area contributed by atoms with Crippen LogP contribution in [0.3, 0.4) is 0 Å². The maximum absolute atomic E-state index is 13.1. The summed E-state index contributed by atoms with van der Waals surface area (Å²) in [5.41, 5.74) is 2.99. The third kappa shape index (κ3) is 4.13. The highest BCUT2D eigenvalue weighted by molar-refractivity contribution is 7.10. The van der Waals surface area contributed by atoms with Crippen molar-refractivity contribution >= 4 is 17.2 Å². The molecule has 3 aliphatic rings. The van der Waals surface area contributed by atoms with Crippen LogP contribution < -0.4 is 5.56 Å². The lowest BCUT2D eigenvalue weighted by atomic mass is 9.93. The van der Waals surface area contributed by atoms with Crippen molar-refractivity contribution in [3.63, 3.8) is 0 Å². The monoisotopic (exact) mass is 438 g/mol. The van der Waals surface area contributed by atoms with Crippen molar-refractivity contribution in [1.29, 1.82) is 0 Å². The maximum atomic E-state index is 13.1. The van der Waals surface area contributed by atoms with Gasteiger partial charge in [0.15, 0.2) is 0 Å². The number of allylic oxidation sites excluding steroid dienone is 2. The largest absolute Gasteiger partial charge is 0.332 e. The number of nitrogens with one attached hydrogen (secondary N) is 1. The molecular weight excluding hydrogens is 408 g/mol. The SMILES string of the molecule is Cc1ccsc1CN1CCc2nc([C@@H]3CCCN3C(=O)[C@@H]3CC=CCC3)[nH]c(=O)c2C1. The van der Waals surface area contributed by atoms with E-state index < -0.39 is 0 Å². The molecule has 164 valence electrons. The van der Waals surface area contributed by atoms with Crippen LogP contribution >= 0.6 is 11.3 Å². The van der Waals surface area contributed by atoms with Crippen LogP contribution in [0.25, 0.3) is 0 Å². The van der Waals surface area contributed by atoms with E-state index in [1.54, 1.807) is 11.3 Å². The van der Waals surface area contributed by atoms with Crippen molar-refractivity contribution in [1.82, 2.24) is 19.8 Å². The number of hydrogen-bond donors (Lipinski definition) is 1. The predicted molar refractivity (Wildman–Crippen MR) is 122 cm³/mol. The molecule has 0 saturated carbocycles. The van der Waals surface area contributed by atoms with Crippen molar-refractivity contribution in [3.8, 4) is 0 Å². The average molecular weight is 439 g/mol. The van der Waals surface area contributed by atoms with E-state index in [0.717, 1.165) is 69.4 Å². The molecule has 0 aromatic carbocycles. The van der Waals surface area contributed by atoms with E-state index in [2.05, 4.69) is 40.4 Å². The number of aromatic amines is 1. The first kappa shape index (κ1) is 20.6. The molecule has 0 bridgehead atoms. The Morgan fingerprint density at radius 1 is 1.29 bits per heavy atom. The highest BCUT2D eigenvalue weighted by Gasteiger charge is 2.36. The number of hydrogen-bond acceptors (Lipinski definition) is 5. The van der Waals surface area contributed by atoms with Gasteiger partial charge in [0.1, 0.15) is 5.82 Å². The minimum Gasteiger partial charge on any atom is -0.332 e.